The molecule has 3 rings (SSSR count). The molecule has 1 aromatic rings. The summed E-state index contributed by atoms with van der Waals surface area (Å²) in [5.74, 6) is 0.0386. The van der Waals surface area contributed by atoms with Crippen LogP contribution in [0.4, 0.5) is 4.79 Å². The highest BCUT2D eigenvalue weighted by molar-refractivity contribution is 6.06. The number of likely N-dealkylation sites (tertiary alicyclic amines) is 1. The highest BCUT2D eigenvalue weighted by Crippen LogP contribution is 2.31. The zero-order chi connectivity index (χ0) is 15.7. The third-order valence-corrected chi connectivity index (χ3v) is 4.95. The summed E-state index contributed by atoms with van der Waals surface area (Å²) in [6, 6.07) is 1.63. The summed E-state index contributed by atoms with van der Waals surface area (Å²) in [6.07, 6.45) is 5.75. The number of carbonyl (C=O) groups is 2. The summed E-state index contributed by atoms with van der Waals surface area (Å²) >= 11 is 0. The molecular weight excluding hydrogens is 282 g/mol. The molecule has 0 saturated carbocycles. The third-order valence-electron chi connectivity index (χ3n) is 4.95. The minimum atomic E-state index is -0.768. The molecule has 22 heavy (non-hydrogen) atoms. The Balaban J connectivity index is 1.63. The largest absolute Gasteiger partial charge is 0.324 e. The number of hydrogen-bond donors (Lipinski definition) is 1. The maximum atomic E-state index is 12.4. The van der Waals surface area contributed by atoms with Gasteiger partial charge in [0.15, 0.2) is 0 Å². The molecular formula is C15H23N5O2. The standard InChI is InChI=1S/C15H23N5O2/c1-15(13(21)18(2)14(22)17-15)12-5-3-7-19(11-12)9-10-20-8-4-6-16-20/h4,6,8,12H,3,5,7,9-11H2,1-2H3,(H,17,22)/t12-,15+/m0/s1. The second kappa shape index (κ2) is 5.72. The first kappa shape index (κ1) is 15.0. The van der Waals surface area contributed by atoms with Crippen molar-refractivity contribution in [3.63, 3.8) is 0 Å². The van der Waals surface area contributed by atoms with Crippen molar-refractivity contribution in [2.45, 2.75) is 31.8 Å². The number of nitrogens with one attached hydrogen (secondary N) is 1. The quantitative estimate of drug-likeness (QED) is 0.824. The van der Waals surface area contributed by atoms with E-state index >= 15 is 0 Å². The van der Waals surface area contributed by atoms with Crippen LogP contribution in [0.15, 0.2) is 18.5 Å². The van der Waals surface area contributed by atoms with E-state index in [0.29, 0.717) is 0 Å². The second-order valence-corrected chi connectivity index (χ2v) is 6.41. The van der Waals surface area contributed by atoms with Crippen LogP contribution in [0.5, 0.6) is 0 Å². The van der Waals surface area contributed by atoms with E-state index in [4.69, 9.17) is 0 Å². The molecule has 2 aliphatic heterocycles. The number of amides is 3. The van der Waals surface area contributed by atoms with Crippen molar-refractivity contribution in [2.75, 3.05) is 26.7 Å². The molecule has 3 heterocycles. The Kier molecular flexibility index (Phi) is 3.90. The smallest absolute Gasteiger partial charge is 0.323 e. The van der Waals surface area contributed by atoms with Gasteiger partial charge in [-0.1, -0.05) is 0 Å². The van der Waals surface area contributed by atoms with Crippen molar-refractivity contribution < 1.29 is 9.59 Å². The van der Waals surface area contributed by atoms with Gasteiger partial charge in [0.25, 0.3) is 5.91 Å². The Hall–Kier alpha value is -1.89. The average molecular weight is 305 g/mol. The first-order valence-corrected chi connectivity index (χ1v) is 7.81. The van der Waals surface area contributed by atoms with Gasteiger partial charge in [-0.3, -0.25) is 14.4 Å². The number of carbonyl (C=O) groups excluding carboxylic acids is 2. The third kappa shape index (κ3) is 2.61. The van der Waals surface area contributed by atoms with E-state index < -0.39 is 5.54 Å². The Morgan fingerprint density at radius 3 is 2.86 bits per heavy atom. The van der Waals surface area contributed by atoms with Crippen LogP contribution < -0.4 is 5.32 Å². The zero-order valence-electron chi connectivity index (χ0n) is 13.2. The van der Waals surface area contributed by atoms with Crippen molar-refractivity contribution >= 4 is 11.9 Å². The predicted molar refractivity (Wildman–Crippen MR) is 81.1 cm³/mol. The highest BCUT2D eigenvalue weighted by atomic mass is 16.2. The molecule has 0 unspecified atom stereocenters. The van der Waals surface area contributed by atoms with Gasteiger partial charge in [-0.05, 0) is 32.4 Å². The van der Waals surface area contributed by atoms with Gasteiger partial charge in [0.05, 0.1) is 6.54 Å². The minimum Gasteiger partial charge on any atom is -0.323 e. The van der Waals surface area contributed by atoms with Gasteiger partial charge >= 0.3 is 6.03 Å². The van der Waals surface area contributed by atoms with Crippen LogP contribution in [-0.2, 0) is 11.3 Å². The first-order chi connectivity index (χ1) is 10.5. The zero-order valence-corrected chi connectivity index (χ0v) is 13.2. The molecule has 1 aromatic heterocycles. The topological polar surface area (TPSA) is 70.5 Å². The van der Waals surface area contributed by atoms with Crippen LogP contribution in [0.2, 0.25) is 0 Å². The van der Waals surface area contributed by atoms with Gasteiger partial charge in [0.1, 0.15) is 5.54 Å². The lowest BCUT2D eigenvalue weighted by molar-refractivity contribution is -0.132. The molecule has 0 bridgehead atoms. The molecule has 0 aliphatic carbocycles. The number of rotatable bonds is 4. The van der Waals surface area contributed by atoms with Gasteiger partial charge in [-0.15, -0.1) is 0 Å². The van der Waals surface area contributed by atoms with E-state index in [1.54, 1.807) is 13.2 Å². The molecule has 3 amide bonds. The van der Waals surface area contributed by atoms with Crippen molar-refractivity contribution in [1.29, 1.82) is 0 Å². The summed E-state index contributed by atoms with van der Waals surface area (Å²) in [5, 5.41) is 7.10. The fourth-order valence-electron chi connectivity index (χ4n) is 3.48. The summed E-state index contributed by atoms with van der Waals surface area (Å²) in [5.41, 5.74) is -0.768. The molecule has 2 aliphatic rings. The van der Waals surface area contributed by atoms with Gasteiger partial charge in [-0.2, -0.15) is 5.10 Å². The number of hydrogen-bond acceptors (Lipinski definition) is 4. The summed E-state index contributed by atoms with van der Waals surface area (Å²) in [6.45, 7) is 5.48. The lowest BCUT2D eigenvalue weighted by Crippen LogP contribution is -2.56. The van der Waals surface area contributed by atoms with E-state index in [2.05, 4.69) is 15.3 Å². The van der Waals surface area contributed by atoms with E-state index in [1.807, 2.05) is 23.9 Å². The maximum absolute atomic E-state index is 12.4. The molecule has 7 nitrogen and oxygen atoms in total. The molecule has 0 radical (unpaired) electrons. The fraction of sp³-hybridized carbons (Fsp3) is 0.667. The Morgan fingerprint density at radius 1 is 1.41 bits per heavy atom. The van der Waals surface area contributed by atoms with Gasteiger partial charge in [0, 0.05) is 38.4 Å². The Morgan fingerprint density at radius 2 is 2.23 bits per heavy atom. The van der Waals surface area contributed by atoms with Crippen LogP contribution in [0.3, 0.4) is 0 Å². The van der Waals surface area contributed by atoms with Crippen LogP contribution in [-0.4, -0.2) is 63.7 Å². The van der Waals surface area contributed by atoms with Crippen LogP contribution in [0.25, 0.3) is 0 Å². The highest BCUT2D eigenvalue weighted by Gasteiger charge is 2.51. The minimum absolute atomic E-state index is 0.114. The van der Waals surface area contributed by atoms with Gasteiger partial charge < -0.3 is 10.2 Å². The summed E-state index contributed by atoms with van der Waals surface area (Å²) in [7, 11) is 1.54. The van der Waals surface area contributed by atoms with E-state index in [1.165, 1.54) is 4.90 Å². The summed E-state index contributed by atoms with van der Waals surface area (Å²) < 4.78 is 1.92. The van der Waals surface area contributed by atoms with Crippen LogP contribution in [0, 0.1) is 5.92 Å². The number of imide groups is 1. The Bertz CT molecular complexity index is 558. The first-order valence-electron chi connectivity index (χ1n) is 7.81. The van der Waals surface area contributed by atoms with E-state index in [9.17, 15) is 9.59 Å². The molecule has 2 atom stereocenters. The lowest BCUT2D eigenvalue weighted by Gasteiger charge is -2.39. The van der Waals surface area contributed by atoms with Crippen LogP contribution >= 0.6 is 0 Å². The number of piperidine rings is 1. The Labute approximate surface area is 130 Å². The van der Waals surface area contributed by atoms with Crippen molar-refractivity contribution in [3.05, 3.63) is 18.5 Å². The number of aromatic nitrogens is 2. The number of urea groups is 1. The van der Waals surface area contributed by atoms with Crippen LogP contribution in [0.1, 0.15) is 19.8 Å². The molecule has 2 fully saturated rings. The monoisotopic (exact) mass is 305 g/mol. The normalized spacial score (nSPS) is 29.9. The van der Waals surface area contributed by atoms with Crippen molar-refractivity contribution in [3.8, 4) is 0 Å². The number of nitrogens with zero attached hydrogens (tertiary/aromatic N) is 4. The molecule has 2 saturated heterocycles. The second-order valence-electron chi connectivity index (χ2n) is 6.41. The average Bonchev–Trinajstić information content (AvgIpc) is 3.10. The fourth-order valence-corrected chi connectivity index (χ4v) is 3.48. The van der Waals surface area contributed by atoms with E-state index in [-0.39, 0.29) is 17.9 Å². The molecule has 0 spiro atoms. The van der Waals surface area contributed by atoms with Gasteiger partial charge in [-0.25, -0.2) is 4.79 Å². The SMILES string of the molecule is CN1C(=O)N[C@](C)([C@H]2CCCN(CCn3cccn3)C2)C1=O. The molecule has 1 N–H and O–H groups in total. The van der Waals surface area contributed by atoms with Gasteiger partial charge in [0.2, 0.25) is 0 Å². The van der Waals surface area contributed by atoms with Crippen molar-refractivity contribution in [1.82, 2.24) is 24.9 Å². The van der Waals surface area contributed by atoms with E-state index in [0.717, 1.165) is 39.0 Å². The number of likely N-dealkylation sites (N-methyl/N-ethyl adjacent to an activating group) is 1. The lowest BCUT2D eigenvalue weighted by atomic mass is 9.80. The maximum Gasteiger partial charge on any atom is 0.324 e. The molecule has 7 heteroatoms. The molecule has 120 valence electrons. The summed E-state index contributed by atoms with van der Waals surface area (Å²) in [4.78, 5) is 27.7. The van der Waals surface area contributed by atoms with Crippen molar-refractivity contribution in [2.24, 2.45) is 5.92 Å². The molecule has 0 aromatic carbocycles. The predicted octanol–water partition coefficient (Wildman–Crippen LogP) is 0.535.